The molecule has 8 heteroatoms. The van der Waals surface area contributed by atoms with Gasteiger partial charge in [-0.15, -0.1) is 0 Å². The number of nitrogens with one attached hydrogen (secondary N) is 1. The molecule has 0 spiro atoms. The summed E-state index contributed by atoms with van der Waals surface area (Å²) in [5.41, 5.74) is 2.77. The maximum atomic E-state index is 10.8. The molecule has 7 nitrogen and oxygen atoms in total. The summed E-state index contributed by atoms with van der Waals surface area (Å²) in [5, 5.41) is 24.2. The third kappa shape index (κ3) is 3.29. The molecule has 0 amide bonds. The highest BCUT2D eigenvalue weighted by Crippen LogP contribution is 2.22. The van der Waals surface area contributed by atoms with Gasteiger partial charge in [0.2, 0.25) is 5.82 Å². The Morgan fingerprint density at radius 1 is 1.45 bits per heavy atom. The van der Waals surface area contributed by atoms with E-state index in [1.165, 1.54) is 30.6 Å². The predicted molar refractivity (Wildman–Crippen MR) is 77.9 cm³/mol. The van der Waals surface area contributed by atoms with Crippen LogP contribution in [0.1, 0.15) is 5.56 Å². The lowest BCUT2D eigenvalue weighted by Gasteiger charge is -2.01. The summed E-state index contributed by atoms with van der Waals surface area (Å²) in [4.78, 5) is 14.1. The van der Waals surface area contributed by atoms with Crippen LogP contribution in [0.25, 0.3) is 0 Å². The summed E-state index contributed by atoms with van der Waals surface area (Å²) in [6.45, 7) is 0. The van der Waals surface area contributed by atoms with Gasteiger partial charge in [-0.3, -0.25) is 15.5 Å². The smallest absolute Gasteiger partial charge is 0.313 e. The Morgan fingerprint density at radius 3 is 3.00 bits per heavy atom. The summed E-state index contributed by atoms with van der Waals surface area (Å²) in [6.07, 6.45) is 2.76. The summed E-state index contributed by atoms with van der Waals surface area (Å²) in [7, 11) is 0. The summed E-state index contributed by atoms with van der Waals surface area (Å²) >= 11 is 3.27. The van der Waals surface area contributed by atoms with Crippen molar-refractivity contribution in [1.29, 1.82) is 0 Å². The minimum atomic E-state index is -0.554. The van der Waals surface area contributed by atoms with E-state index in [-0.39, 0.29) is 17.3 Å². The molecule has 2 N–H and O–H groups in total. The van der Waals surface area contributed by atoms with Crippen LogP contribution in [0.2, 0.25) is 0 Å². The summed E-state index contributed by atoms with van der Waals surface area (Å²) in [5.74, 6) is 0.0810. The number of nitro groups is 1. The predicted octanol–water partition coefficient (Wildman–Crippen LogP) is 2.90. The number of aromatic nitrogens is 1. The first-order chi connectivity index (χ1) is 9.58. The van der Waals surface area contributed by atoms with Gasteiger partial charge in [0.25, 0.3) is 0 Å². The minimum Gasteiger partial charge on any atom is -0.507 e. The number of hydrogen-bond acceptors (Lipinski definition) is 6. The van der Waals surface area contributed by atoms with E-state index in [4.69, 9.17) is 0 Å². The zero-order chi connectivity index (χ0) is 14.5. The van der Waals surface area contributed by atoms with Crippen LogP contribution in [0.4, 0.5) is 11.5 Å². The molecular formula is C12H9BrN4O3. The number of aromatic hydroxyl groups is 1. The van der Waals surface area contributed by atoms with Gasteiger partial charge in [-0.1, -0.05) is 15.9 Å². The van der Waals surface area contributed by atoms with Crippen molar-refractivity contribution in [2.75, 3.05) is 5.43 Å². The second-order valence-corrected chi connectivity index (χ2v) is 4.62. The van der Waals surface area contributed by atoms with E-state index in [1.807, 2.05) is 0 Å². The Labute approximate surface area is 122 Å². The van der Waals surface area contributed by atoms with Crippen LogP contribution in [-0.4, -0.2) is 21.2 Å². The van der Waals surface area contributed by atoms with Crippen molar-refractivity contribution < 1.29 is 10.0 Å². The number of rotatable bonds is 4. The molecule has 0 radical (unpaired) electrons. The Hall–Kier alpha value is -2.48. The van der Waals surface area contributed by atoms with Crippen LogP contribution in [0, 0.1) is 10.1 Å². The van der Waals surface area contributed by atoms with Gasteiger partial charge >= 0.3 is 5.69 Å². The summed E-state index contributed by atoms with van der Waals surface area (Å²) < 4.78 is 0.778. The third-order valence-electron chi connectivity index (χ3n) is 2.35. The number of halogens is 1. The number of nitrogens with zero attached hydrogens (tertiary/aromatic N) is 3. The maximum absolute atomic E-state index is 10.8. The molecule has 0 aliphatic rings. The van der Waals surface area contributed by atoms with Crippen LogP contribution in [0.3, 0.4) is 0 Å². The Kier molecular flexibility index (Phi) is 4.26. The van der Waals surface area contributed by atoms with Crippen LogP contribution in [0.15, 0.2) is 46.1 Å². The lowest BCUT2D eigenvalue weighted by atomic mass is 10.2. The van der Waals surface area contributed by atoms with Crippen LogP contribution in [-0.2, 0) is 0 Å². The van der Waals surface area contributed by atoms with Crippen molar-refractivity contribution in [2.45, 2.75) is 0 Å². The molecule has 2 aromatic rings. The molecule has 2 rings (SSSR count). The van der Waals surface area contributed by atoms with E-state index in [9.17, 15) is 15.2 Å². The lowest BCUT2D eigenvalue weighted by Crippen LogP contribution is -1.99. The standard InChI is InChI=1S/C12H9BrN4O3/c13-9-3-4-11(18)8(6-9)7-15-16-12-10(17(19)20)2-1-5-14-12/h1-7,18H,(H,14,16)/b15-7-. The Morgan fingerprint density at radius 2 is 2.25 bits per heavy atom. The van der Waals surface area contributed by atoms with Gasteiger partial charge in [0.1, 0.15) is 5.75 Å². The number of pyridine rings is 1. The molecule has 0 saturated carbocycles. The normalized spacial score (nSPS) is 10.7. The number of anilines is 1. The highest BCUT2D eigenvalue weighted by Gasteiger charge is 2.12. The van der Waals surface area contributed by atoms with Gasteiger partial charge in [0.05, 0.1) is 11.1 Å². The van der Waals surface area contributed by atoms with E-state index in [0.717, 1.165) is 4.47 Å². The number of phenolic OH excluding ortho intramolecular Hbond substituents is 1. The highest BCUT2D eigenvalue weighted by atomic mass is 79.9. The van der Waals surface area contributed by atoms with E-state index in [0.29, 0.717) is 5.56 Å². The zero-order valence-electron chi connectivity index (χ0n) is 10.0. The topological polar surface area (TPSA) is 101 Å². The molecule has 1 aromatic carbocycles. The quantitative estimate of drug-likeness (QED) is 0.507. The van der Waals surface area contributed by atoms with E-state index in [2.05, 4.69) is 31.4 Å². The third-order valence-corrected chi connectivity index (χ3v) is 2.84. The maximum Gasteiger partial charge on any atom is 0.313 e. The molecule has 0 aliphatic heterocycles. The zero-order valence-corrected chi connectivity index (χ0v) is 11.6. The molecule has 0 aliphatic carbocycles. The first-order valence-corrected chi connectivity index (χ1v) is 6.24. The molecule has 0 unspecified atom stereocenters. The molecule has 1 aromatic heterocycles. The second-order valence-electron chi connectivity index (χ2n) is 3.70. The van der Waals surface area contributed by atoms with Gasteiger partial charge < -0.3 is 5.11 Å². The number of benzene rings is 1. The molecule has 0 fully saturated rings. The van der Waals surface area contributed by atoms with Crippen LogP contribution in [0.5, 0.6) is 5.75 Å². The van der Waals surface area contributed by atoms with Gasteiger partial charge in [-0.2, -0.15) is 5.10 Å². The van der Waals surface area contributed by atoms with Crippen molar-refractivity contribution in [2.24, 2.45) is 5.10 Å². The average molecular weight is 337 g/mol. The largest absolute Gasteiger partial charge is 0.507 e. The van der Waals surface area contributed by atoms with Gasteiger partial charge in [0.15, 0.2) is 0 Å². The molecule has 20 heavy (non-hydrogen) atoms. The molecule has 1 heterocycles. The van der Waals surface area contributed by atoms with Gasteiger partial charge in [-0.05, 0) is 24.3 Å². The highest BCUT2D eigenvalue weighted by molar-refractivity contribution is 9.10. The second kappa shape index (κ2) is 6.11. The molecule has 0 atom stereocenters. The van der Waals surface area contributed by atoms with E-state index < -0.39 is 4.92 Å². The fourth-order valence-corrected chi connectivity index (χ4v) is 1.80. The molecule has 102 valence electrons. The first kappa shape index (κ1) is 13.9. The number of hydrazone groups is 1. The Balaban J connectivity index is 2.18. The number of hydrogen-bond donors (Lipinski definition) is 2. The lowest BCUT2D eigenvalue weighted by molar-refractivity contribution is -0.384. The Bertz CT molecular complexity index is 676. The average Bonchev–Trinajstić information content (AvgIpc) is 2.43. The van der Waals surface area contributed by atoms with Gasteiger partial charge in [0, 0.05) is 22.3 Å². The monoisotopic (exact) mass is 336 g/mol. The molecular weight excluding hydrogens is 328 g/mol. The van der Waals surface area contributed by atoms with Crippen LogP contribution < -0.4 is 5.43 Å². The first-order valence-electron chi connectivity index (χ1n) is 5.45. The van der Waals surface area contributed by atoms with Crippen molar-refractivity contribution >= 4 is 33.6 Å². The summed E-state index contributed by atoms with van der Waals surface area (Å²) in [6, 6.07) is 7.64. The fourth-order valence-electron chi connectivity index (χ4n) is 1.42. The molecule has 0 bridgehead atoms. The number of phenols is 1. The minimum absolute atomic E-state index is 0.0308. The van der Waals surface area contributed by atoms with Crippen molar-refractivity contribution in [1.82, 2.24) is 4.98 Å². The van der Waals surface area contributed by atoms with E-state index >= 15 is 0 Å². The van der Waals surface area contributed by atoms with E-state index in [1.54, 1.807) is 12.1 Å². The van der Waals surface area contributed by atoms with Crippen molar-refractivity contribution in [3.05, 3.63) is 56.7 Å². The van der Waals surface area contributed by atoms with Crippen molar-refractivity contribution in [3.8, 4) is 5.75 Å². The van der Waals surface area contributed by atoms with Gasteiger partial charge in [-0.25, -0.2) is 4.98 Å². The molecule has 0 saturated heterocycles. The van der Waals surface area contributed by atoms with Crippen molar-refractivity contribution in [3.63, 3.8) is 0 Å². The fraction of sp³-hybridized carbons (Fsp3) is 0. The SMILES string of the molecule is O=[N+]([O-])c1cccnc1N/N=C\c1cc(Br)ccc1O. The van der Waals surface area contributed by atoms with Crippen LogP contribution >= 0.6 is 15.9 Å².